The number of anilines is 1. The molecule has 2 rings (SSSR count). The van der Waals surface area contributed by atoms with Crippen LogP contribution in [0.25, 0.3) is 0 Å². The van der Waals surface area contributed by atoms with Crippen molar-refractivity contribution in [2.75, 3.05) is 11.9 Å². The van der Waals surface area contributed by atoms with Crippen LogP contribution in [0.5, 0.6) is 0 Å². The van der Waals surface area contributed by atoms with E-state index in [1.54, 1.807) is 0 Å². The van der Waals surface area contributed by atoms with Gasteiger partial charge in [0.15, 0.2) is 0 Å². The second kappa shape index (κ2) is 5.53. The Balaban J connectivity index is 2.29. The topological polar surface area (TPSA) is 12.0 Å². The van der Waals surface area contributed by atoms with E-state index in [9.17, 15) is 0 Å². The highest BCUT2D eigenvalue weighted by molar-refractivity contribution is 5.58. The zero-order valence-electron chi connectivity index (χ0n) is 10.5. The van der Waals surface area contributed by atoms with E-state index in [-0.39, 0.29) is 0 Å². The maximum atomic E-state index is 3.46. The first kappa shape index (κ1) is 11.7. The number of hydrogen-bond acceptors (Lipinski definition) is 1. The predicted octanol–water partition coefficient (Wildman–Crippen LogP) is 4.02. The summed E-state index contributed by atoms with van der Waals surface area (Å²) in [5, 5.41) is 3.46. The zero-order valence-corrected chi connectivity index (χ0v) is 10.5. The molecule has 0 saturated heterocycles. The molecule has 0 bridgehead atoms. The van der Waals surface area contributed by atoms with Crippen LogP contribution in [0.4, 0.5) is 5.69 Å². The summed E-state index contributed by atoms with van der Waals surface area (Å²) < 4.78 is 0. The van der Waals surface area contributed by atoms with Crippen LogP contribution in [0, 0.1) is 6.92 Å². The van der Waals surface area contributed by atoms with Gasteiger partial charge in [0, 0.05) is 12.2 Å². The smallest absolute Gasteiger partial charge is 0.0405 e. The molecule has 17 heavy (non-hydrogen) atoms. The van der Waals surface area contributed by atoms with Gasteiger partial charge in [0.2, 0.25) is 0 Å². The molecule has 1 nitrogen and oxygen atoms in total. The van der Waals surface area contributed by atoms with Gasteiger partial charge in [-0.1, -0.05) is 48.5 Å². The number of hydrogen-bond donors (Lipinski definition) is 1. The summed E-state index contributed by atoms with van der Waals surface area (Å²) >= 11 is 0. The molecule has 0 amide bonds. The number of rotatable bonds is 4. The van der Waals surface area contributed by atoms with E-state index in [4.69, 9.17) is 0 Å². The Morgan fingerprint density at radius 1 is 0.941 bits per heavy atom. The second-order valence-corrected chi connectivity index (χ2v) is 4.30. The van der Waals surface area contributed by atoms with Gasteiger partial charge in [-0.05, 0) is 37.0 Å². The Bertz CT molecular complexity index is 474. The highest BCUT2D eigenvalue weighted by Gasteiger charge is 2.04. The third-order valence-corrected chi connectivity index (χ3v) is 2.95. The average Bonchev–Trinajstić information content (AvgIpc) is 2.35. The van der Waals surface area contributed by atoms with Crippen LogP contribution in [0.3, 0.4) is 0 Å². The van der Waals surface area contributed by atoms with Gasteiger partial charge >= 0.3 is 0 Å². The zero-order chi connectivity index (χ0) is 12.1. The Labute approximate surface area is 103 Å². The lowest BCUT2D eigenvalue weighted by Crippen LogP contribution is -2.03. The molecular formula is C16H19N. The molecule has 0 aliphatic carbocycles. The van der Waals surface area contributed by atoms with Crippen molar-refractivity contribution >= 4 is 5.69 Å². The molecule has 0 fully saturated rings. The molecule has 0 spiro atoms. The van der Waals surface area contributed by atoms with Crippen LogP contribution in [-0.2, 0) is 6.42 Å². The normalized spacial score (nSPS) is 10.2. The molecule has 0 aliphatic heterocycles. The monoisotopic (exact) mass is 225 g/mol. The maximum absolute atomic E-state index is 3.46. The van der Waals surface area contributed by atoms with Gasteiger partial charge < -0.3 is 5.32 Å². The van der Waals surface area contributed by atoms with E-state index in [0.717, 1.165) is 13.0 Å². The summed E-state index contributed by atoms with van der Waals surface area (Å²) in [7, 11) is 0. The molecule has 0 aromatic heterocycles. The van der Waals surface area contributed by atoms with Crippen LogP contribution >= 0.6 is 0 Å². The molecule has 1 N–H and O–H groups in total. The van der Waals surface area contributed by atoms with Crippen molar-refractivity contribution in [3.05, 3.63) is 65.2 Å². The number of aryl methyl sites for hydroxylation is 1. The van der Waals surface area contributed by atoms with Crippen molar-refractivity contribution in [1.82, 2.24) is 0 Å². The predicted molar refractivity (Wildman–Crippen MR) is 74.6 cm³/mol. The van der Waals surface area contributed by atoms with Crippen LogP contribution in [0.1, 0.15) is 23.6 Å². The highest BCUT2D eigenvalue weighted by Crippen LogP contribution is 2.23. The largest absolute Gasteiger partial charge is 0.385 e. The number of benzene rings is 2. The van der Waals surface area contributed by atoms with E-state index in [1.165, 1.54) is 22.4 Å². The fourth-order valence-electron chi connectivity index (χ4n) is 2.12. The molecule has 0 saturated carbocycles. The van der Waals surface area contributed by atoms with E-state index in [2.05, 4.69) is 67.7 Å². The Morgan fingerprint density at radius 3 is 2.41 bits per heavy atom. The van der Waals surface area contributed by atoms with Crippen LogP contribution < -0.4 is 5.32 Å². The number of nitrogens with one attached hydrogen (secondary N) is 1. The number of para-hydroxylation sites is 1. The van der Waals surface area contributed by atoms with E-state index >= 15 is 0 Å². The van der Waals surface area contributed by atoms with Crippen molar-refractivity contribution in [3.8, 4) is 0 Å². The standard InChI is InChI=1S/C16H19N/c1-3-17-16-13(2)8-7-11-15(16)12-14-9-5-4-6-10-14/h4-11,17H,3,12H2,1-2H3. The first-order valence-electron chi connectivity index (χ1n) is 6.17. The van der Waals surface area contributed by atoms with Crippen molar-refractivity contribution in [3.63, 3.8) is 0 Å². The van der Waals surface area contributed by atoms with E-state index in [0.29, 0.717) is 0 Å². The van der Waals surface area contributed by atoms with Crippen molar-refractivity contribution in [2.24, 2.45) is 0 Å². The fraction of sp³-hybridized carbons (Fsp3) is 0.250. The van der Waals surface area contributed by atoms with Crippen molar-refractivity contribution in [1.29, 1.82) is 0 Å². The van der Waals surface area contributed by atoms with E-state index < -0.39 is 0 Å². The molecule has 0 atom stereocenters. The molecule has 1 heteroatoms. The molecule has 2 aromatic rings. The van der Waals surface area contributed by atoms with Gasteiger partial charge in [0.1, 0.15) is 0 Å². The van der Waals surface area contributed by atoms with Gasteiger partial charge in [0.25, 0.3) is 0 Å². The summed E-state index contributed by atoms with van der Waals surface area (Å²) in [6.07, 6.45) is 0.991. The average molecular weight is 225 g/mol. The molecule has 88 valence electrons. The Morgan fingerprint density at radius 2 is 1.71 bits per heavy atom. The first-order chi connectivity index (χ1) is 8.31. The van der Waals surface area contributed by atoms with Gasteiger partial charge in [-0.3, -0.25) is 0 Å². The van der Waals surface area contributed by atoms with Gasteiger partial charge in [-0.25, -0.2) is 0 Å². The third-order valence-electron chi connectivity index (χ3n) is 2.95. The minimum atomic E-state index is 0.965. The lowest BCUT2D eigenvalue weighted by Gasteiger charge is -2.13. The summed E-state index contributed by atoms with van der Waals surface area (Å²) in [4.78, 5) is 0. The Hall–Kier alpha value is -1.76. The molecule has 0 radical (unpaired) electrons. The first-order valence-corrected chi connectivity index (χ1v) is 6.17. The maximum Gasteiger partial charge on any atom is 0.0405 e. The Kier molecular flexibility index (Phi) is 3.81. The molecule has 2 aromatic carbocycles. The van der Waals surface area contributed by atoms with Gasteiger partial charge in [-0.2, -0.15) is 0 Å². The lowest BCUT2D eigenvalue weighted by molar-refractivity contribution is 1.13. The molecule has 0 aliphatic rings. The van der Waals surface area contributed by atoms with Crippen LogP contribution in [0.2, 0.25) is 0 Å². The van der Waals surface area contributed by atoms with Crippen molar-refractivity contribution < 1.29 is 0 Å². The minimum absolute atomic E-state index is 0.965. The van der Waals surface area contributed by atoms with E-state index in [1.807, 2.05) is 0 Å². The molecular weight excluding hydrogens is 206 g/mol. The summed E-state index contributed by atoms with van der Waals surface area (Å²) in [6.45, 7) is 5.26. The minimum Gasteiger partial charge on any atom is -0.385 e. The summed E-state index contributed by atoms with van der Waals surface area (Å²) in [6, 6.07) is 17.1. The summed E-state index contributed by atoms with van der Waals surface area (Å²) in [5.41, 5.74) is 5.34. The van der Waals surface area contributed by atoms with Crippen LogP contribution in [-0.4, -0.2) is 6.54 Å². The van der Waals surface area contributed by atoms with Gasteiger partial charge in [0.05, 0.1) is 0 Å². The fourth-order valence-corrected chi connectivity index (χ4v) is 2.12. The third kappa shape index (κ3) is 2.88. The highest BCUT2D eigenvalue weighted by atomic mass is 14.9. The van der Waals surface area contributed by atoms with Crippen LogP contribution in [0.15, 0.2) is 48.5 Å². The lowest BCUT2D eigenvalue weighted by atomic mass is 10.0. The second-order valence-electron chi connectivity index (χ2n) is 4.30. The molecule has 0 heterocycles. The molecule has 0 unspecified atom stereocenters. The summed E-state index contributed by atoms with van der Waals surface area (Å²) in [5.74, 6) is 0. The quantitative estimate of drug-likeness (QED) is 0.828. The van der Waals surface area contributed by atoms with Crippen molar-refractivity contribution in [2.45, 2.75) is 20.3 Å². The van der Waals surface area contributed by atoms with Gasteiger partial charge in [-0.15, -0.1) is 0 Å². The SMILES string of the molecule is CCNc1c(C)cccc1Cc1ccccc1.